The average molecular weight is 244 g/mol. The Kier molecular flexibility index (Phi) is 8.17. The predicted octanol–water partition coefficient (Wildman–Crippen LogP) is 1.54. The Morgan fingerprint density at radius 3 is 2.29 bits per heavy atom. The Balaban J connectivity index is 3.92. The number of ether oxygens (including phenoxy) is 1. The van der Waals surface area contributed by atoms with Gasteiger partial charge in [-0.2, -0.15) is 0 Å². The molecular formula is C13H28N2O2. The Labute approximate surface area is 105 Å². The van der Waals surface area contributed by atoms with Gasteiger partial charge in [0.2, 0.25) is 5.91 Å². The van der Waals surface area contributed by atoms with Gasteiger partial charge in [0.15, 0.2) is 0 Å². The molecule has 3 unspecified atom stereocenters. The van der Waals surface area contributed by atoms with Crippen LogP contribution in [0.25, 0.3) is 0 Å². The molecule has 0 aliphatic heterocycles. The van der Waals surface area contributed by atoms with Crippen LogP contribution in [0.5, 0.6) is 0 Å². The van der Waals surface area contributed by atoms with E-state index in [2.05, 4.69) is 19.2 Å². The highest BCUT2D eigenvalue weighted by Gasteiger charge is 2.18. The van der Waals surface area contributed by atoms with Gasteiger partial charge in [-0.05, 0) is 26.2 Å². The number of nitrogens with one attached hydrogen (secondary N) is 1. The summed E-state index contributed by atoms with van der Waals surface area (Å²) < 4.78 is 5.62. The van der Waals surface area contributed by atoms with Crippen molar-refractivity contribution < 1.29 is 9.53 Å². The Morgan fingerprint density at radius 2 is 1.88 bits per heavy atom. The zero-order chi connectivity index (χ0) is 13.4. The average Bonchev–Trinajstić information content (AvgIpc) is 2.26. The van der Waals surface area contributed by atoms with Gasteiger partial charge in [0.1, 0.15) is 0 Å². The van der Waals surface area contributed by atoms with E-state index in [9.17, 15) is 4.79 Å². The fourth-order valence-electron chi connectivity index (χ4n) is 1.56. The molecule has 3 atom stereocenters. The van der Waals surface area contributed by atoms with E-state index in [4.69, 9.17) is 10.5 Å². The van der Waals surface area contributed by atoms with Crippen LogP contribution in [0, 0.1) is 11.8 Å². The minimum absolute atomic E-state index is 0.0269. The van der Waals surface area contributed by atoms with Crippen molar-refractivity contribution in [3.8, 4) is 0 Å². The monoisotopic (exact) mass is 244 g/mol. The number of rotatable bonds is 8. The lowest BCUT2D eigenvalue weighted by molar-refractivity contribution is -0.125. The quantitative estimate of drug-likeness (QED) is 0.680. The minimum atomic E-state index is -0.139. The first-order chi connectivity index (χ1) is 7.90. The number of carbonyl (C=O) groups is 1. The van der Waals surface area contributed by atoms with E-state index < -0.39 is 0 Å². The number of nitrogens with two attached hydrogens (primary N) is 1. The second kappa shape index (κ2) is 8.48. The van der Waals surface area contributed by atoms with Crippen LogP contribution >= 0.6 is 0 Å². The molecule has 0 aromatic carbocycles. The summed E-state index contributed by atoms with van der Waals surface area (Å²) in [5.41, 5.74) is 5.68. The first-order valence-corrected chi connectivity index (χ1v) is 6.55. The molecule has 4 heteroatoms. The third kappa shape index (κ3) is 6.64. The summed E-state index contributed by atoms with van der Waals surface area (Å²) in [6, 6.07) is -0.109. The van der Waals surface area contributed by atoms with Crippen molar-refractivity contribution in [3.05, 3.63) is 0 Å². The molecule has 0 aliphatic carbocycles. The zero-order valence-corrected chi connectivity index (χ0v) is 11.8. The van der Waals surface area contributed by atoms with Crippen molar-refractivity contribution >= 4 is 5.91 Å². The van der Waals surface area contributed by atoms with Crippen molar-refractivity contribution in [2.24, 2.45) is 17.6 Å². The maximum absolute atomic E-state index is 11.7. The summed E-state index contributed by atoms with van der Waals surface area (Å²) in [4.78, 5) is 11.7. The summed E-state index contributed by atoms with van der Waals surface area (Å²) >= 11 is 0. The van der Waals surface area contributed by atoms with Crippen LogP contribution in [-0.2, 0) is 9.53 Å². The van der Waals surface area contributed by atoms with Crippen LogP contribution in [0.4, 0.5) is 0 Å². The second-order valence-corrected chi connectivity index (χ2v) is 4.97. The fourth-order valence-corrected chi connectivity index (χ4v) is 1.56. The number of carbonyl (C=O) groups excluding carboxylic acids is 1. The van der Waals surface area contributed by atoms with Crippen LogP contribution < -0.4 is 11.1 Å². The third-order valence-corrected chi connectivity index (χ3v) is 3.05. The van der Waals surface area contributed by atoms with Crippen molar-refractivity contribution in [2.45, 2.75) is 53.2 Å². The van der Waals surface area contributed by atoms with Crippen molar-refractivity contribution in [3.63, 3.8) is 0 Å². The number of hydrogen-bond donors (Lipinski definition) is 2. The van der Waals surface area contributed by atoms with E-state index in [0.717, 1.165) is 6.42 Å². The smallest absolute Gasteiger partial charge is 0.224 e. The van der Waals surface area contributed by atoms with Crippen LogP contribution in [-0.4, -0.2) is 31.2 Å². The van der Waals surface area contributed by atoms with Gasteiger partial charge in [0, 0.05) is 25.1 Å². The first kappa shape index (κ1) is 16.4. The van der Waals surface area contributed by atoms with Gasteiger partial charge >= 0.3 is 0 Å². The highest BCUT2D eigenvalue weighted by Crippen LogP contribution is 2.10. The van der Waals surface area contributed by atoms with E-state index in [1.165, 1.54) is 0 Å². The molecule has 0 saturated heterocycles. The number of amides is 1. The Hall–Kier alpha value is -0.610. The third-order valence-electron chi connectivity index (χ3n) is 3.05. The molecule has 1 amide bonds. The van der Waals surface area contributed by atoms with Crippen molar-refractivity contribution in [2.75, 3.05) is 13.2 Å². The minimum Gasteiger partial charge on any atom is -0.378 e. The lowest BCUT2D eigenvalue weighted by atomic mass is 10.0. The first-order valence-electron chi connectivity index (χ1n) is 6.55. The van der Waals surface area contributed by atoms with Gasteiger partial charge in [-0.15, -0.1) is 0 Å². The maximum Gasteiger partial charge on any atom is 0.224 e. The molecule has 3 N–H and O–H groups in total. The zero-order valence-electron chi connectivity index (χ0n) is 11.8. The fraction of sp³-hybridized carbons (Fsp3) is 0.923. The Bertz CT molecular complexity index is 217. The molecule has 0 aromatic rings. The van der Waals surface area contributed by atoms with Gasteiger partial charge in [-0.1, -0.05) is 20.8 Å². The van der Waals surface area contributed by atoms with Gasteiger partial charge in [-0.3, -0.25) is 4.79 Å². The molecule has 0 bridgehead atoms. The molecule has 0 rings (SSSR count). The van der Waals surface area contributed by atoms with Crippen LogP contribution in [0.1, 0.15) is 41.0 Å². The Morgan fingerprint density at radius 1 is 1.29 bits per heavy atom. The van der Waals surface area contributed by atoms with Crippen LogP contribution in [0.2, 0.25) is 0 Å². The molecule has 17 heavy (non-hydrogen) atoms. The SMILES string of the molecule is CCOC(CCNC(=O)C(C)C(C)N)C(C)C. The highest BCUT2D eigenvalue weighted by molar-refractivity contribution is 5.78. The maximum atomic E-state index is 11.7. The highest BCUT2D eigenvalue weighted by atomic mass is 16.5. The lowest BCUT2D eigenvalue weighted by Gasteiger charge is -2.22. The van der Waals surface area contributed by atoms with E-state index in [0.29, 0.717) is 19.1 Å². The molecule has 0 heterocycles. The summed E-state index contributed by atoms with van der Waals surface area (Å²) in [7, 11) is 0. The van der Waals surface area contributed by atoms with E-state index in [-0.39, 0.29) is 24.0 Å². The largest absolute Gasteiger partial charge is 0.378 e. The van der Waals surface area contributed by atoms with Gasteiger partial charge in [0.25, 0.3) is 0 Å². The lowest BCUT2D eigenvalue weighted by Crippen LogP contribution is -2.40. The van der Waals surface area contributed by atoms with Crippen LogP contribution in [0.15, 0.2) is 0 Å². The summed E-state index contributed by atoms with van der Waals surface area (Å²) in [6.45, 7) is 11.3. The van der Waals surface area contributed by atoms with E-state index in [1.54, 1.807) is 0 Å². The van der Waals surface area contributed by atoms with E-state index >= 15 is 0 Å². The second-order valence-electron chi connectivity index (χ2n) is 4.97. The standard InChI is InChI=1S/C13H28N2O2/c1-6-17-12(9(2)3)7-8-15-13(16)10(4)11(5)14/h9-12H,6-8,14H2,1-5H3,(H,15,16). The van der Waals surface area contributed by atoms with Crippen molar-refractivity contribution in [1.29, 1.82) is 0 Å². The van der Waals surface area contributed by atoms with Gasteiger partial charge < -0.3 is 15.8 Å². The number of hydrogen-bond acceptors (Lipinski definition) is 3. The summed E-state index contributed by atoms with van der Waals surface area (Å²) in [6.07, 6.45) is 1.06. The van der Waals surface area contributed by atoms with Gasteiger partial charge in [0.05, 0.1) is 6.10 Å². The molecule has 102 valence electrons. The molecule has 0 radical (unpaired) electrons. The molecule has 0 aromatic heterocycles. The van der Waals surface area contributed by atoms with Crippen LogP contribution in [0.3, 0.4) is 0 Å². The molecule has 0 fully saturated rings. The molecule has 0 spiro atoms. The van der Waals surface area contributed by atoms with Gasteiger partial charge in [-0.25, -0.2) is 0 Å². The topological polar surface area (TPSA) is 64.3 Å². The van der Waals surface area contributed by atoms with E-state index in [1.807, 2.05) is 20.8 Å². The molecule has 4 nitrogen and oxygen atoms in total. The molecular weight excluding hydrogens is 216 g/mol. The molecule has 0 aliphatic rings. The summed E-state index contributed by atoms with van der Waals surface area (Å²) in [5, 5.41) is 2.91. The van der Waals surface area contributed by atoms with Crippen molar-refractivity contribution in [1.82, 2.24) is 5.32 Å². The normalized spacial score (nSPS) is 16.6. The predicted molar refractivity (Wildman–Crippen MR) is 70.7 cm³/mol. The summed E-state index contributed by atoms with van der Waals surface area (Å²) in [5.74, 6) is 0.358. The molecule has 0 saturated carbocycles.